The average Bonchev–Trinajstić information content (AvgIpc) is 3.01. The molecule has 0 aliphatic rings. The van der Waals surface area contributed by atoms with Crippen molar-refractivity contribution < 1.29 is 19.7 Å². The Morgan fingerprint density at radius 1 is 0.381 bits per heavy atom. The van der Waals surface area contributed by atoms with Crippen LogP contribution in [-0.2, 0) is 0 Å². The number of para-hydroxylation sites is 4. The van der Waals surface area contributed by atoms with Crippen molar-refractivity contribution in [2.45, 2.75) is 0 Å². The number of hydrogen-bond acceptors (Lipinski definition) is 6. The predicted molar refractivity (Wildman–Crippen MR) is 170 cm³/mol. The van der Waals surface area contributed by atoms with Crippen molar-refractivity contribution in [3.05, 3.63) is 158 Å². The number of anilines is 2. The average molecular weight is 557 g/mol. The molecule has 0 atom stereocenters. The van der Waals surface area contributed by atoms with Gasteiger partial charge >= 0.3 is 0 Å². The Morgan fingerprint density at radius 3 is 1.10 bits per heavy atom. The van der Waals surface area contributed by atoms with E-state index in [9.17, 15) is 10.2 Å². The summed E-state index contributed by atoms with van der Waals surface area (Å²) in [5.41, 5.74) is 15.0. The third kappa shape index (κ3) is 9.10. The first-order chi connectivity index (χ1) is 20.5. The van der Waals surface area contributed by atoms with E-state index < -0.39 is 0 Å². The second-order valence-corrected chi connectivity index (χ2v) is 9.02. The van der Waals surface area contributed by atoms with Gasteiger partial charge in [-0.3, -0.25) is 0 Å². The summed E-state index contributed by atoms with van der Waals surface area (Å²) in [6.07, 6.45) is 0. The molecule has 6 rings (SSSR count). The van der Waals surface area contributed by atoms with E-state index in [1.165, 1.54) is 11.1 Å². The van der Waals surface area contributed by atoms with E-state index in [-0.39, 0.29) is 11.5 Å². The summed E-state index contributed by atoms with van der Waals surface area (Å²) in [6.45, 7) is 0. The minimum atomic E-state index is 0.111. The molecular weight excluding hydrogens is 524 g/mol. The van der Waals surface area contributed by atoms with E-state index >= 15 is 0 Å². The standard InChI is InChI=1S/2C12H11NO2.C12H10/c2*13-9-4-3-5-10(8-9)15-12-7-2-1-6-11(12)14;1-3-7-11(8-4-1)12-9-5-2-6-10-12/h2*1-8,14H,13H2;1-10H. The molecule has 0 saturated heterocycles. The molecule has 6 aromatic carbocycles. The summed E-state index contributed by atoms with van der Waals surface area (Å²) in [5, 5.41) is 19.0. The van der Waals surface area contributed by atoms with Gasteiger partial charge in [0.15, 0.2) is 23.0 Å². The van der Waals surface area contributed by atoms with Crippen LogP contribution in [0.3, 0.4) is 0 Å². The van der Waals surface area contributed by atoms with Crippen molar-refractivity contribution in [3.8, 4) is 45.6 Å². The van der Waals surface area contributed by atoms with E-state index in [1.807, 2.05) is 12.1 Å². The van der Waals surface area contributed by atoms with E-state index in [0.29, 0.717) is 34.4 Å². The second-order valence-electron chi connectivity index (χ2n) is 9.02. The van der Waals surface area contributed by atoms with Gasteiger partial charge in [-0.25, -0.2) is 0 Å². The van der Waals surface area contributed by atoms with Crippen LogP contribution in [0, 0.1) is 0 Å². The first kappa shape index (κ1) is 29.1. The summed E-state index contributed by atoms with van der Waals surface area (Å²) < 4.78 is 10.9. The lowest BCUT2D eigenvalue weighted by Gasteiger charge is -2.07. The van der Waals surface area contributed by atoms with Crippen LogP contribution in [0.5, 0.6) is 34.5 Å². The van der Waals surface area contributed by atoms with Crippen LogP contribution in [0.15, 0.2) is 158 Å². The van der Waals surface area contributed by atoms with Crippen molar-refractivity contribution in [2.75, 3.05) is 11.5 Å². The Balaban J connectivity index is 0.000000146. The summed E-state index contributed by atoms with van der Waals surface area (Å²) in [7, 11) is 0. The predicted octanol–water partition coefficient (Wildman–Crippen LogP) is 8.89. The minimum Gasteiger partial charge on any atom is -0.504 e. The van der Waals surface area contributed by atoms with Crippen LogP contribution in [0.1, 0.15) is 0 Å². The molecule has 0 aromatic heterocycles. The number of nitrogen functional groups attached to an aromatic ring is 2. The maximum absolute atomic E-state index is 9.48. The molecule has 0 saturated carbocycles. The van der Waals surface area contributed by atoms with Crippen molar-refractivity contribution in [2.24, 2.45) is 0 Å². The highest BCUT2D eigenvalue weighted by molar-refractivity contribution is 5.62. The zero-order valence-corrected chi connectivity index (χ0v) is 22.9. The Labute approximate surface area is 245 Å². The molecule has 0 aliphatic carbocycles. The normalized spacial score (nSPS) is 9.81. The smallest absolute Gasteiger partial charge is 0.169 e. The summed E-state index contributed by atoms with van der Waals surface area (Å²) in [6, 6.07) is 48.5. The maximum Gasteiger partial charge on any atom is 0.169 e. The van der Waals surface area contributed by atoms with E-state index in [1.54, 1.807) is 97.1 Å². The van der Waals surface area contributed by atoms with E-state index in [4.69, 9.17) is 20.9 Å². The van der Waals surface area contributed by atoms with E-state index in [2.05, 4.69) is 48.5 Å². The van der Waals surface area contributed by atoms with Gasteiger partial charge in [-0.1, -0.05) is 97.1 Å². The molecule has 6 aromatic rings. The monoisotopic (exact) mass is 556 g/mol. The first-order valence-corrected chi connectivity index (χ1v) is 13.2. The molecule has 210 valence electrons. The number of ether oxygens (including phenoxy) is 2. The molecule has 0 aliphatic heterocycles. The number of benzene rings is 6. The summed E-state index contributed by atoms with van der Waals surface area (Å²) >= 11 is 0. The van der Waals surface area contributed by atoms with Crippen LogP contribution < -0.4 is 20.9 Å². The van der Waals surface area contributed by atoms with Crippen LogP contribution in [0.4, 0.5) is 11.4 Å². The van der Waals surface area contributed by atoms with Gasteiger partial charge in [0.05, 0.1) is 0 Å². The van der Waals surface area contributed by atoms with E-state index in [0.717, 1.165) is 0 Å². The number of phenolic OH excluding ortho intramolecular Hbond substituents is 2. The number of hydrogen-bond donors (Lipinski definition) is 4. The van der Waals surface area contributed by atoms with Crippen LogP contribution in [0.25, 0.3) is 11.1 Å². The molecule has 0 bridgehead atoms. The van der Waals surface area contributed by atoms with Gasteiger partial charge < -0.3 is 31.2 Å². The van der Waals surface area contributed by atoms with Gasteiger partial charge in [-0.15, -0.1) is 0 Å². The molecule has 0 amide bonds. The second kappa shape index (κ2) is 15.1. The number of aromatic hydroxyl groups is 2. The van der Waals surface area contributed by atoms with Crippen molar-refractivity contribution in [3.63, 3.8) is 0 Å². The number of phenols is 2. The molecule has 42 heavy (non-hydrogen) atoms. The zero-order chi connectivity index (χ0) is 29.6. The fourth-order valence-corrected chi connectivity index (χ4v) is 3.76. The Hall–Kier alpha value is -5.88. The van der Waals surface area contributed by atoms with Crippen LogP contribution >= 0.6 is 0 Å². The maximum atomic E-state index is 9.48. The quantitative estimate of drug-likeness (QED) is 0.158. The van der Waals surface area contributed by atoms with Gasteiger partial charge in [-0.05, 0) is 59.7 Å². The van der Waals surface area contributed by atoms with Crippen molar-refractivity contribution in [1.29, 1.82) is 0 Å². The Kier molecular flexibility index (Phi) is 10.4. The number of nitrogens with two attached hydrogens (primary N) is 2. The van der Waals surface area contributed by atoms with Gasteiger partial charge in [0, 0.05) is 23.5 Å². The molecule has 0 radical (unpaired) electrons. The lowest BCUT2D eigenvalue weighted by atomic mass is 10.1. The number of rotatable bonds is 5. The highest BCUT2D eigenvalue weighted by Gasteiger charge is 2.03. The fourth-order valence-electron chi connectivity index (χ4n) is 3.76. The van der Waals surface area contributed by atoms with Gasteiger partial charge in [0.25, 0.3) is 0 Å². The molecule has 0 fully saturated rings. The Morgan fingerprint density at radius 2 is 0.738 bits per heavy atom. The molecule has 6 heteroatoms. The summed E-state index contributed by atoms with van der Waals surface area (Å²) in [5.74, 6) is 2.28. The highest BCUT2D eigenvalue weighted by Crippen LogP contribution is 2.31. The highest BCUT2D eigenvalue weighted by atomic mass is 16.5. The largest absolute Gasteiger partial charge is 0.504 e. The summed E-state index contributed by atoms with van der Waals surface area (Å²) in [4.78, 5) is 0. The molecular formula is C36H32N2O4. The van der Waals surface area contributed by atoms with Crippen LogP contribution in [-0.4, -0.2) is 10.2 Å². The molecule has 6 nitrogen and oxygen atoms in total. The SMILES string of the molecule is Nc1cccc(Oc2ccccc2O)c1.Nc1cccc(Oc2ccccc2O)c1.c1ccc(-c2ccccc2)cc1. The lowest BCUT2D eigenvalue weighted by molar-refractivity contribution is 0.411. The molecule has 0 unspecified atom stereocenters. The third-order valence-corrected chi connectivity index (χ3v) is 5.78. The molecule has 0 spiro atoms. The van der Waals surface area contributed by atoms with Gasteiger partial charge in [0.2, 0.25) is 0 Å². The fraction of sp³-hybridized carbons (Fsp3) is 0. The lowest BCUT2D eigenvalue weighted by Crippen LogP contribution is -1.87. The van der Waals surface area contributed by atoms with Gasteiger partial charge in [-0.2, -0.15) is 0 Å². The third-order valence-electron chi connectivity index (χ3n) is 5.78. The Bertz CT molecular complexity index is 1550. The van der Waals surface area contributed by atoms with Gasteiger partial charge in [0.1, 0.15) is 11.5 Å². The minimum absolute atomic E-state index is 0.111. The zero-order valence-electron chi connectivity index (χ0n) is 22.9. The molecule has 6 N–H and O–H groups in total. The first-order valence-electron chi connectivity index (χ1n) is 13.2. The van der Waals surface area contributed by atoms with Crippen LogP contribution in [0.2, 0.25) is 0 Å². The van der Waals surface area contributed by atoms with Crippen molar-refractivity contribution in [1.82, 2.24) is 0 Å². The topological polar surface area (TPSA) is 111 Å². The van der Waals surface area contributed by atoms with Crippen molar-refractivity contribution >= 4 is 11.4 Å². The molecule has 0 heterocycles.